The van der Waals surface area contributed by atoms with Crippen LogP contribution in [0.25, 0.3) is 11.1 Å². The normalized spacial score (nSPS) is 18.0. The Morgan fingerprint density at radius 3 is 2.04 bits per heavy atom. The van der Waals surface area contributed by atoms with Gasteiger partial charge in [-0.25, -0.2) is 0 Å². The van der Waals surface area contributed by atoms with Gasteiger partial charge in [0.25, 0.3) is 0 Å². The van der Waals surface area contributed by atoms with Crippen molar-refractivity contribution in [1.29, 1.82) is 0 Å². The summed E-state index contributed by atoms with van der Waals surface area (Å²) in [4.78, 5) is 2.62. The van der Waals surface area contributed by atoms with Gasteiger partial charge in [0.2, 0.25) is 0 Å². The summed E-state index contributed by atoms with van der Waals surface area (Å²) in [5, 5.41) is 0. The van der Waals surface area contributed by atoms with Crippen molar-refractivity contribution in [2.75, 3.05) is 13.1 Å². The van der Waals surface area contributed by atoms with E-state index < -0.39 is 0 Å². The fraction of sp³-hybridized carbons (Fsp3) is 0.391. The largest absolute Gasteiger partial charge is 0.300 e. The molecule has 0 spiro atoms. The van der Waals surface area contributed by atoms with Gasteiger partial charge < -0.3 is 4.90 Å². The van der Waals surface area contributed by atoms with Crippen LogP contribution in [-0.4, -0.2) is 24.0 Å². The summed E-state index contributed by atoms with van der Waals surface area (Å²) in [7, 11) is 0. The first kappa shape index (κ1) is 17.0. The van der Waals surface area contributed by atoms with Gasteiger partial charge in [-0.3, -0.25) is 0 Å². The molecule has 1 atom stereocenters. The highest BCUT2D eigenvalue weighted by Crippen LogP contribution is 2.22. The summed E-state index contributed by atoms with van der Waals surface area (Å²) in [5.41, 5.74) is 5.44. The third-order valence-electron chi connectivity index (χ3n) is 5.26. The molecular formula is C23H29N. The summed E-state index contributed by atoms with van der Waals surface area (Å²) >= 11 is 0. The summed E-state index contributed by atoms with van der Waals surface area (Å²) < 4.78 is 0. The molecule has 0 aliphatic carbocycles. The average Bonchev–Trinajstić information content (AvgIpc) is 3.04. The fourth-order valence-corrected chi connectivity index (χ4v) is 3.59. The second kappa shape index (κ2) is 8.30. The monoisotopic (exact) mass is 319 g/mol. The van der Waals surface area contributed by atoms with Crippen molar-refractivity contribution in [3.8, 4) is 11.1 Å². The van der Waals surface area contributed by atoms with Gasteiger partial charge in [-0.15, -0.1) is 6.58 Å². The predicted octanol–water partition coefficient (Wildman–Crippen LogP) is 5.50. The summed E-state index contributed by atoms with van der Waals surface area (Å²) in [6, 6.07) is 18.8. The molecule has 1 aliphatic rings. The molecule has 1 heteroatoms. The van der Waals surface area contributed by atoms with Gasteiger partial charge >= 0.3 is 0 Å². The number of nitrogens with zero attached hydrogens (tertiary/aromatic N) is 1. The number of hydrogen-bond donors (Lipinski definition) is 0. The second-order valence-corrected chi connectivity index (χ2v) is 7.00. The van der Waals surface area contributed by atoms with Gasteiger partial charge in [0.1, 0.15) is 0 Å². The number of hydrogen-bond acceptors (Lipinski definition) is 1. The van der Waals surface area contributed by atoms with E-state index in [1.807, 2.05) is 6.08 Å². The molecular weight excluding hydrogens is 290 g/mol. The Balaban J connectivity index is 1.58. The molecule has 3 rings (SSSR count). The third-order valence-corrected chi connectivity index (χ3v) is 5.26. The Morgan fingerprint density at radius 2 is 1.54 bits per heavy atom. The van der Waals surface area contributed by atoms with Gasteiger partial charge in [0.05, 0.1) is 0 Å². The van der Waals surface area contributed by atoms with Crippen molar-refractivity contribution in [2.45, 2.75) is 45.1 Å². The summed E-state index contributed by atoms with van der Waals surface area (Å²) in [6.07, 6.45) is 7.99. The zero-order chi connectivity index (χ0) is 16.8. The average molecular weight is 319 g/mol. The minimum Gasteiger partial charge on any atom is -0.300 e. The van der Waals surface area contributed by atoms with E-state index in [1.54, 1.807) is 0 Å². The Bertz CT molecular complexity index is 639. The van der Waals surface area contributed by atoms with E-state index in [2.05, 4.69) is 66.9 Å². The Hall–Kier alpha value is -1.86. The maximum absolute atomic E-state index is 3.79. The molecule has 0 saturated carbocycles. The maximum atomic E-state index is 3.79. The van der Waals surface area contributed by atoms with Crippen LogP contribution in [0, 0.1) is 0 Å². The standard InChI is InChI=1S/C23H29N/c1-3-4-7-20-8-12-22(13-9-20)23-14-10-21(11-15-23)16-18-24-17-5-6-19(24)2/h3,8-15,19H,1,4-7,16-18H2,2H3. The summed E-state index contributed by atoms with van der Waals surface area (Å²) in [5.74, 6) is 0. The SMILES string of the molecule is C=CCCc1ccc(-c2ccc(CCN3CCCC3C)cc2)cc1. The fourth-order valence-electron chi connectivity index (χ4n) is 3.59. The van der Waals surface area contributed by atoms with Gasteiger partial charge in [-0.1, -0.05) is 54.6 Å². The zero-order valence-electron chi connectivity index (χ0n) is 14.9. The Kier molecular flexibility index (Phi) is 5.87. The molecule has 2 aromatic rings. The van der Waals surface area contributed by atoms with E-state index in [0.29, 0.717) is 0 Å². The number of rotatable bonds is 7. The van der Waals surface area contributed by atoms with Crippen LogP contribution in [-0.2, 0) is 12.8 Å². The molecule has 0 N–H and O–H groups in total. The van der Waals surface area contributed by atoms with Gasteiger partial charge in [-0.2, -0.15) is 0 Å². The highest BCUT2D eigenvalue weighted by molar-refractivity contribution is 5.64. The first-order valence-corrected chi connectivity index (χ1v) is 9.29. The van der Waals surface area contributed by atoms with E-state index in [9.17, 15) is 0 Å². The second-order valence-electron chi connectivity index (χ2n) is 7.00. The Morgan fingerprint density at radius 1 is 0.958 bits per heavy atom. The topological polar surface area (TPSA) is 3.24 Å². The molecule has 2 aromatic carbocycles. The molecule has 0 aromatic heterocycles. The van der Waals surface area contributed by atoms with Crippen molar-refractivity contribution in [3.63, 3.8) is 0 Å². The van der Waals surface area contributed by atoms with Crippen LogP contribution in [0.4, 0.5) is 0 Å². The lowest BCUT2D eigenvalue weighted by Gasteiger charge is -2.20. The molecule has 0 bridgehead atoms. The minimum atomic E-state index is 0.767. The van der Waals surface area contributed by atoms with Crippen LogP contribution < -0.4 is 0 Å². The van der Waals surface area contributed by atoms with Crippen LogP contribution in [0.1, 0.15) is 37.3 Å². The molecule has 1 saturated heterocycles. The van der Waals surface area contributed by atoms with Crippen LogP contribution in [0.2, 0.25) is 0 Å². The first-order chi connectivity index (χ1) is 11.8. The van der Waals surface area contributed by atoms with Gasteiger partial charge in [0, 0.05) is 12.6 Å². The molecule has 0 amide bonds. The molecule has 0 radical (unpaired) electrons. The number of aryl methyl sites for hydroxylation is 1. The van der Waals surface area contributed by atoms with Gasteiger partial charge in [0.15, 0.2) is 0 Å². The minimum absolute atomic E-state index is 0.767. The van der Waals surface area contributed by atoms with E-state index in [-0.39, 0.29) is 0 Å². The lowest BCUT2D eigenvalue weighted by atomic mass is 10.0. The first-order valence-electron chi connectivity index (χ1n) is 9.29. The number of allylic oxidation sites excluding steroid dienone is 1. The number of likely N-dealkylation sites (tertiary alicyclic amines) is 1. The van der Waals surface area contributed by atoms with E-state index >= 15 is 0 Å². The zero-order valence-corrected chi connectivity index (χ0v) is 14.9. The Labute approximate surface area is 147 Å². The molecule has 1 fully saturated rings. The lowest BCUT2D eigenvalue weighted by molar-refractivity contribution is 0.272. The smallest absolute Gasteiger partial charge is 0.00675 e. The van der Waals surface area contributed by atoms with E-state index in [4.69, 9.17) is 0 Å². The molecule has 126 valence electrons. The number of benzene rings is 2. The highest BCUT2D eigenvalue weighted by Gasteiger charge is 2.19. The molecule has 1 nitrogen and oxygen atoms in total. The van der Waals surface area contributed by atoms with Crippen molar-refractivity contribution in [1.82, 2.24) is 4.90 Å². The summed E-state index contributed by atoms with van der Waals surface area (Å²) in [6.45, 7) is 8.61. The van der Waals surface area contributed by atoms with Crippen molar-refractivity contribution in [3.05, 3.63) is 72.3 Å². The van der Waals surface area contributed by atoms with Crippen LogP contribution in [0.5, 0.6) is 0 Å². The predicted molar refractivity (Wildman–Crippen MR) is 104 cm³/mol. The molecule has 1 unspecified atom stereocenters. The van der Waals surface area contributed by atoms with Crippen LogP contribution >= 0.6 is 0 Å². The maximum Gasteiger partial charge on any atom is 0.00675 e. The van der Waals surface area contributed by atoms with Crippen LogP contribution in [0.15, 0.2) is 61.2 Å². The van der Waals surface area contributed by atoms with Crippen molar-refractivity contribution < 1.29 is 0 Å². The quantitative estimate of drug-likeness (QED) is 0.609. The van der Waals surface area contributed by atoms with E-state index in [1.165, 1.54) is 48.2 Å². The molecule has 1 heterocycles. The molecule has 24 heavy (non-hydrogen) atoms. The van der Waals surface area contributed by atoms with Gasteiger partial charge in [-0.05, 0) is 67.8 Å². The highest BCUT2D eigenvalue weighted by atomic mass is 15.2. The third kappa shape index (κ3) is 4.36. The van der Waals surface area contributed by atoms with E-state index in [0.717, 1.165) is 25.3 Å². The lowest BCUT2D eigenvalue weighted by Crippen LogP contribution is -2.28. The van der Waals surface area contributed by atoms with Crippen molar-refractivity contribution in [2.24, 2.45) is 0 Å². The van der Waals surface area contributed by atoms with Crippen LogP contribution in [0.3, 0.4) is 0 Å². The van der Waals surface area contributed by atoms with Crippen molar-refractivity contribution >= 4 is 0 Å². The molecule has 1 aliphatic heterocycles.